The summed E-state index contributed by atoms with van der Waals surface area (Å²) in [4.78, 5) is 23.2. The van der Waals surface area contributed by atoms with Crippen LogP contribution < -0.4 is 5.32 Å². The Labute approximate surface area is 121 Å². The van der Waals surface area contributed by atoms with Gasteiger partial charge in [0.1, 0.15) is 5.82 Å². The third-order valence-electron chi connectivity index (χ3n) is 3.58. The van der Waals surface area contributed by atoms with Gasteiger partial charge in [0.2, 0.25) is 0 Å². The Morgan fingerprint density at radius 1 is 1.35 bits per heavy atom. The van der Waals surface area contributed by atoms with Gasteiger partial charge in [-0.3, -0.25) is 9.59 Å². The van der Waals surface area contributed by atoms with Crippen LogP contribution in [0.25, 0.3) is 0 Å². The van der Waals surface area contributed by atoms with Gasteiger partial charge in [-0.25, -0.2) is 4.39 Å². The highest BCUT2D eigenvalue weighted by atomic mass is 35.5. The molecule has 1 amide bonds. The number of benzene rings is 1. The Kier molecular flexibility index (Phi) is 5.51. The van der Waals surface area contributed by atoms with Gasteiger partial charge in [-0.05, 0) is 31.0 Å². The van der Waals surface area contributed by atoms with Crippen molar-refractivity contribution >= 4 is 23.5 Å². The number of carboxylic acids is 1. The molecule has 0 radical (unpaired) electrons. The van der Waals surface area contributed by atoms with Gasteiger partial charge < -0.3 is 10.4 Å². The minimum absolute atomic E-state index is 0.00158. The van der Waals surface area contributed by atoms with Gasteiger partial charge in [0.25, 0.3) is 5.91 Å². The standard InChI is InChI=1S/C14H17ClFNO3/c1-3-14(4-2,13(19)20)8-17-12(18)9-5-6-10(15)11(16)7-9/h5-7H,3-4,8H2,1-2H3,(H,17,18)(H,19,20). The van der Waals surface area contributed by atoms with Gasteiger partial charge in [0.05, 0.1) is 10.4 Å². The van der Waals surface area contributed by atoms with E-state index < -0.39 is 23.1 Å². The quantitative estimate of drug-likeness (QED) is 0.848. The Hall–Kier alpha value is -1.62. The summed E-state index contributed by atoms with van der Waals surface area (Å²) in [6.45, 7) is 3.51. The number of amides is 1. The molecule has 0 saturated carbocycles. The minimum Gasteiger partial charge on any atom is -0.481 e. The van der Waals surface area contributed by atoms with Crippen LogP contribution in [0.15, 0.2) is 18.2 Å². The average molecular weight is 302 g/mol. The molecule has 1 aromatic rings. The molecule has 0 heterocycles. The van der Waals surface area contributed by atoms with Crippen LogP contribution in [0.4, 0.5) is 4.39 Å². The summed E-state index contributed by atoms with van der Waals surface area (Å²) >= 11 is 5.54. The van der Waals surface area contributed by atoms with Crippen molar-refractivity contribution in [2.45, 2.75) is 26.7 Å². The van der Waals surface area contributed by atoms with E-state index in [9.17, 15) is 19.1 Å². The number of hydrogen-bond donors (Lipinski definition) is 2. The molecule has 0 aliphatic carbocycles. The summed E-state index contributed by atoms with van der Waals surface area (Å²) in [7, 11) is 0. The number of carbonyl (C=O) groups excluding carboxylic acids is 1. The van der Waals surface area contributed by atoms with E-state index in [1.54, 1.807) is 13.8 Å². The molecule has 0 saturated heterocycles. The zero-order valence-electron chi connectivity index (χ0n) is 11.4. The number of halogens is 2. The summed E-state index contributed by atoms with van der Waals surface area (Å²) in [5.74, 6) is -2.16. The van der Waals surface area contributed by atoms with Crippen molar-refractivity contribution in [3.05, 3.63) is 34.6 Å². The van der Waals surface area contributed by atoms with Crippen molar-refractivity contribution in [3.8, 4) is 0 Å². The third kappa shape index (κ3) is 3.48. The molecule has 0 fully saturated rings. The van der Waals surface area contributed by atoms with E-state index in [0.717, 1.165) is 6.07 Å². The average Bonchev–Trinajstić information content (AvgIpc) is 2.43. The maximum Gasteiger partial charge on any atom is 0.311 e. The predicted molar refractivity (Wildman–Crippen MR) is 74.4 cm³/mol. The molecular weight excluding hydrogens is 285 g/mol. The number of rotatable bonds is 6. The summed E-state index contributed by atoms with van der Waals surface area (Å²) in [5.41, 5.74) is -0.890. The first-order valence-electron chi connectivity index (χ1n) is 6.33. The lowest BCUT2D eigenvalue weighted by atomic mass is 9.82. The molecular formula is C14H17ClFNO3. The fourth-order valence-corrected chi connectivity index (χ4v) is 1.98. The van der Waals surface area contributed by atoms with Gasteiger partial charge >= 0.3 is 5.97 Å². The van der Waals surface area contributed by atoms with Crippen LogP contribution >= 0.6 is 11.6 Å². The maximum atomic E-state index is 13.3. The van der Waals surface area contributed by atoms with Gasteiger partial charge in [0, 0.05) is 12.1 Å². The monoisotopic (exact) mass is 301 g/mol. The molecule has 20 heavy (non-hydrogen) atoms. The number of carbonyl (C=O) groups is 2. The summed E-state index contributed by atoms with van der Waals surface area (Å²) in [6, 6.07) is 3.70. The molecule has 0 unspecified atom stereocenters. The lowest BCUT2D eigenvalue weighted by Gasteiger charge is -2.26. The van der Waals surface area contributed by atoms with Crippen molar-refractivity contribution < 1.29 is 19.1 Å². The number of hydrogen-bond acceptors (Lipinski definition) is 2. The molecule has 0 aliphatic heterocycles. The lowest BCUT2D eigenvalue weighted by molar-refractivity contribution is -0.149. The van der Waals surface area contributed by atoms with E-state index in [0.29, 0.717) is 12.8 Å². The third-order valence-corrected chi connectivity index (χ3v) is 3.88. The summed E-state index contributed by atoms with van der Waals surface area (Å²) in [5, 5.41) is 11.7. The van der Waals surface area contributed by atoms with Crippen LogP contribution in [0.3, 0.4) is 0 Å². The Morgan fingerprint density at radius 2 is 1.95 bits per heavy atom. The molecule has 110 valence electrons. The van der Waals surface area contributed by atoms with Crippen molar-refractivity contribution in [1.82, 2.24) is 5.32 Å². The zero-order valence-corrected chi connectivity index (χ0v) is 12.1. The topological polar surface area (TPSA) is 66.4 Å². The summed E-state index contributed by atoms with van der Waals surface area (Å²) < 4.78 is 13.3. The second kappa shape index (κ2) is 6.70. The SMILES string of the molecule is CCC(CC)(CNC(=O)c1ccc(Cl)c(F)c1)C(=O)O. The van der Waals surface area contributed by atoms with Crippen molar-refractivity contribution in [2.24, 2.45) is 5.41 Å². The van der Waals surface area contributed by atoms with Crippen LogP contribution in [-0.2, 0) is 4.79 Å². The fourth-order valence-electron chi connectivity index (χ4n) is 1.87. The molecule has 1 aromatic carbocycles. The van der Waals surface area contributed by atoms with Gasteiger partial charge in [-0.15, -0.1) is 0 Å². The van der Waals surface area contributed by atoms with E-state index >= 15 is 0 Å². The molecule has 6 heteroatoms. The minimum atomic E-state index is -0.999. The van der Waals surface area contributed by atoms with E-state index in [1.807, 2.05) is 0 Å². The second-order valence-electron chi connectivity index (χ2n) is 4.60. The number of aliphatic carboxylic acids is 1. The Morgan fingerprint density at radius 3 is 2.40 bits per heavy atom. The zero-order chi connectivity index (χ0) is 15.3. The van der Waals surface area contributed by atoms with Gasteiger partial charge in [-0.1, -0.05) is 25.4 Å². The molecule has 0 atom stereocenters. The van der Waals surface area contributed by atoms with Crippen LogP contribution in [0.2, 0.25) is 5.02 Å². The molecule has 0 aromatic heterocycles. The first-order valence-corrected chi connectivity index (χ1v) is 6.70. The normalized spacial score (nSPS) is 11.2. The highest BCUT2D eigenvalue weighted by molar-refractivity contribution is 6.30. The second-order valence-corrected chi connectivity index (χ2v) is 5.01. The highest BCUT2D eigenvalue weighted by Crippen LogP contribution is 2.26. The first kappa shape index (κ1) is 16.4. The molecule has 0 spiro atoms. The van der Waals surface area contributed by atoms with Crippen molar-refractivity contribution in [3.63, 3.8) is 0 Å². The molecule has 0 aliphatic rings. The maximum absolute atomic E-state index is 13.3. The first-order chi connectivity index (χ1) is 9.36. The molecule has 0 bridgehead atoms. The van der Waals surface area contributed by atoms with Crippen LogP contribution in [0, 0.1) is 11.2 Å². The number of nitrogens with one attached hydrogen (secondary N) is 1. The number of carboxylic acid groups (broad SMARTS) is 1. The smallest absolute Gasteiger partial charge is 0.311 e. The Balaban J connectivity index is 2.80. The van der Waals surface area contributed by atoms with Gasteiger partial charge in [-0.2, -0.15) is 0 Å². The van der Waals surface area contributed by atoms with Crippen LogP contribution in [-0.4, -0.2) is 23.5 Å². The molecule has 2 N–H and O–H groups in total. The predicted octanol–water partition coefficient (Wildman–Crippen LogP) is 3.10. The van der Waals surface area contributed by atoms with E-state index in [2.05, 4.69) is 5.32 Å². The van der Waals surface area contributed by atoms with E-state index in [1.165, 1.54) is 12.1 Å². The van der Waals surface area contributed by atoms with Crippen molar-refractivity contribution in [2.75, 3.05) is 6.54 Å². The fraction of sp³-hybridized carbons (Fsp3) is 0.429. The molecule has 4 nitrogen and oxygen atoms in total. The largest absolute Gasteiger partial charge is 0.481 e. The van der Waals surface area contributed by atoms with Crippen molar-refractivity contribution in [1.29, 1.82) is 0 Å². The molecule has 1 rings (SSSR count). The van der Waals surface area contributed by atoms with Crippen LogP contribution in [0.5, 0.6) is 0 Å². The summed E-state index contributed by atoms with van der Waals surface area (Å²) in [6.07, 6.45) is 0.794. The highest BCUT2D eigenvalue weighted by Gasteiger charge is 2.35. The van der Waals surface area contributed by atoms with Crippen LogP contribution in [0.1, 0.15) is 37.0 Å². The van der Waals surface area contributed by atoms with E-state index in [-0.39, 0.29) is 17.1 Å². The lowest BCUT2D eigenvalue weighted by Crippen LogP contribution is -2.42. The Bertz CT molecular complexity index is 515. The van der Waals surface area contributed by atoms with Gasteiger partial charge in [0.15, 0.2) is 0 Å². The van der Waals surface area contributed by atoms with E-state index in [4.69, 9.17) is 11.6 Å².